The van der Waals surface area contributed by atoms with Crippen LogP contribution in [0.4, 0.5) is 0 Å². The first-order valence-corrected chi connectivity index (χ1v) is 8.49. The predicted molar refractivity (Wildman–Crippen MR) is 84.2 cm³/mol. The summed E-state index contributed by atoms with van der Waals surface area (Å²) in [6, 6.07) is 3.07. The summed E-state index contributed by atoms with van der Waals surface area (Å²) in [5.41, 5.74) is 1.01. The minimum Gasteiger partial charge on any atom is -0.334 e. The Bertz CT molecular complexity index is 546. The van der Waals surface area contributed by atoms with Gasteiger partial charge in [-0.3, -0.25) is 4.90 Å². The first kappa shape index (κ1) is 14.7. The Kier molecular flexibility index (Phi) is 4.67. The summed E-state index contributed by atoms with van der Waals surface area (Å²) < 4.78 is 5.36. The van der Waals surface area contributed by atoms with Crippen LogP contribution in [0.2, 0.25) is 0 Å². The zero-order chi connectivity index (χ0) is 14.7. The molecule has 21 heavy (non-hydrogen) atoms. The van der Waals surface area contributed by atoms with Gasteiger partial charge in [-0.15, -0.1) is 0 Å². The molecule has 0 radical (unpaired) electrons. The molecule has 6 heteroatoms. The molecular weight excluding hydrogens is 284 g/mol. The van der Waals surface area contributed by atoms with E-state index in [-0.39, 0.29) is 0 Å². The van der Waals surface area contributed by atoms with E-state index in [1.54, 1.807) is 11.3 Å². The Morgan fingerprint density at radius 2 is 2.43 bits per heavy atom. The quantitative estimate of drug-likeness (QED) is 0.889. The normalized spacial score (nSPS) is 19.0. The predicted octanol–water partition coefficient (Wildman–Crippen LogP) is 2.76. The topological polar surface area (TPSA) is 54.2 Å². The Labute approximate surface area is 129 Å². The van der Waals surface area contributed by atoms with E-state index >= 15 is 0 Å². The molecule has 0 aliphatic carbocycles. The lowest BCUT2D eigenvalue weighted by molar-refractivity contribution is 0.187. The van der Waals surface area contributed by atoms with Crippen LogP contribution >= 0.6 is 11.3 Å². The molecule has 2 aromatic rings. The van der Waals surface area contributed by atoms with Crippen molar-refractivity contribution < 1.29 is 4.52 Å². The fraction of sp³-hybridized carbons (Fsp3) is 0.600. The van der Waals surface area contributed by atoms with Crippen LogP contribution in [0.5, 0.6) is 0 Å². The maximum Gasteiger partial charge on any atom is 0.258 e. The summed E-state index contributed by atoms with van der Waals surface area (Å²) in [5, 5.41) is 11.7. The van der Waals surface area contributed by atoms with E-state index in [4.69, 9.17) is 4.52 Å². The number of hydrogen-bond acceptors (Lipinski definition) is 6. The van der Waals surface area contributed by atoms with Crippen LogP contribution in [0.15, 0.2) is 21.3 Å². The second kappa shape index (κ2) is 6.68. The third-order valence-corrected chi connectivity index (χ3v) is 4.61. The van der Waals surface area contributed by atoms with Crippen LogP contribution in [0.25, 0.3) is 11.5 Å². The van der Waals surface area contributed by atoms with Crippen LogP contribution in [0, 0.1) is 0 Å². The van der Waals surface area contributed by atoms with E-state index < -0.39 is 0 Å². The smallest absolute Gasteiger partial charge is 0.258 e. The standard InChI is InChI=1S/C15H22N4OS/c1-11(2)19(8-13-4-3-6-16-13)9-14-17-15(20-18-14)12-5-7-21-10-12/h5,7,10-11,13,16H,3-4,6,8-9H2,1-2H3. The third kappa shape index (κ3) is 3.70. The lowest BCUT2D eigenvalue weighted by atomic mass is 10.2. The van der Waals surface area contributed by atoms with E-state index in [9.17, 15) is 0 Å². The first-order valence-electron chi connectivity index (χ1n) is 7.55. The van der Waals surface area contributed by atoms with Gasteiger partial charge in [0, 0.05) is 24.0 Å². The highest BCUT2D eigenvalue weighted by Gasteiger charge is 2.21. The molecule has 2 aromatic heterocycles. The van der Waals surface area contributed by atoms with Crippen molar-refractivity contribution in [3.63, 3.8) is 0 Å². The SMILES string of the molecule is CC(C)N(Cc1noc(-c2ccsc2)n1)CC1CCCN1. The fourth-order valence-corrected chi connectivity index (χ4v) is 3.29. The molecule has 0 saturated carbocycles. The maximum atomic E-state index is 5.36. The van der Waals surface area contributed by atoms with Crippen LogP contribution < -0.4 is 5.32 Å². The van der Waals surface area contributed by atoms with Crippen LogP contribution in [-0.2, 0) is 6.54 Å². The Morgan fingerprint density at radius 1 is 1.52 bits per heavy atom. The Hall–Kier alpha value is -1.24. The third-order valence-electron chi connectivity index (χ3n) is 3.93. The average molecular weight is 306 g/mol. The molecule has 1 atom stereocenters. The molecule has 0 aromatic carbocycles. The number of hydrogen-bond donors (Lipinski definition) is 1. The van der Waals surface area contributed by atoms with Crippen molar-refractivity contribution in [2.24, 2.45) is 0 Å². The molecule has 1 aliphatic heterocycles. The molecule has 0 spiro atoms. The summed E-state index contributed by atoms with van der Waals surface area (Å²) in [6.07, 6.45) is 2.54. The number of rotatable bonds is 6. The van der Waals surface area contributed by atoms with E-state index in [0.717, 1.165) is 31.0 Å². The van der Waals surface area contributed by atoms with Crippen molar-refractivity contribution >= 4 is 11.3 Å². The van der Waals surface area contributed by atoms with E-state index in [2.05, 4.69) is 34.2 Å². The molecule has 1 saturated heterocycles. The minimum absolute atomic E-state index is 0.468. The van der Waals surface area contributed by atoms with Gasteiger partial charge in [0.1, 0.15) is 0 Å². The molecule has 114 valence electrons. The highest BCUT2D eigenvalue weighted by Crippen LogP contribution is 2.20. The van der Waals surface area contributed by atoms with Gasteiger partial charge >= 0.3 is 0 Å². The second-order valence-corrected chi connectivity index (χ2v) is 6.62. The minimum atomic E-state index is 0.468. The zero-order valence-electron chi connectivity index (χ0n) is 12.6. The monoisotopic (exact) mass is 306 g/mol. The summed E-state index contributed by atoms with van der Waals surface area (Å²) >= 11 is 1.64. The van der Waals surface area contributed by atoms with Crippen molar-refractivity contribution in [2.45, 2.75) is 45.3 Å². The molecule has 1 fully saturated rings. The number of thiophene rings is 1. The van der Waals surface area contributed by atoms with Crippen molar-refractivity contribution in [2.75, 3.05) is 13.1 Å². The Balaban J connectivity index is 1.65. The molecule has 5 nitrogen and oxygen atoms in total. The highest BCUT2D eigenvalue weighted by molar-refractivity contribution is 7.08. The van der Waals surface area contributed by atoms with Crippen molar-refractivity contribution in [3.8, 4) is 11.5 Å². The van der Waals surface area contributed by atoms with Gasteiger partial charge in [0.2, 0.25) is 0 Å². The first-order chi connectivity index (χ1) is 10.2. The highest BCUT2D eigenvalue weighted by atomic mass is 32.1. The molecule has 3 rings (SSSR count). The summed E-state index contributed by atoms with van der Waals surface area (Å²) in [7, 11) is 0. The molecule has 1 unspecified atom stereocenters. The van der Waals surface area contributed by atoms with Crippen molar-refractivity contribution in [1.29, 1.82) is 0 Å². The summed E-state index contributed by atoms with van der Waals surface area (Å²) in [4.78, 5) is 6.92. The van der Waals surface area contributed by atoms with Gasteiger partial charge in [0.05, 0.1) is 12.1 Å². The van der Waals surface area contributed by atoms with Gasteiger partial charge in [-0.2, -0.15) is 16.3 Å². The van der Waals surface area contributed by atoms with E-state index in [0.29, 0.717) is 18.0 Å². The lowest BCUT2D eigenvalue weighted by Crippen LogP contribution is -2.41. The number of nitrogens with one attached hydrogen (secondary N) is 1. The van der Waals surface area contributed by atoms with Gasteiger partial charge in [-0.25, -0.2) is 0 Å². The van der Waals surface area contributed by atoms with Crippen LogP contribution in [-0.4, -0.2) is 40.2 Å². The molecule has 1 aliphatic rings. The van der Waals surface area contributed by atoms with Gasteiger partial charge in [0.15, 0.2) is 5.82 Å². The molecular formula is C15H22N4OS. The average Bonchev–Trinajstić information content (AvgIpc) is 3.20. The van der Waals surface area contributed by atoms with Gasteiger partial charge in [-0.05, 0) is 44.7 Å². The van der Waals surface area contributed by atoms with Gasteiger partial charge in [0.25, 0.3) is 5.89 Å². The molecule has 0 amide bonds. The van der Waals surface area contributed by atoms with E-state index in [1.807, 2.05) is 16.8 Å². The molecule has 1 N–H and O–H groups in total. The second-order valence-electron chi connectivity index (χ2n) is 5.84. The van der Waals surface area contributed by atoms with Crippen LogP contribution in [0.3, 0.4) is 0 Å². The largest absolute Gasteiger partial charge is 0.334 e. The Morgan fingerprint density at radius 3 is 3.10 bits per heavy atom. The van der Waals surface area contributed by atoms with Crippen LogP contribution in [0.1, 0.15) is 32.5 Å². The maximum absolute atomic E-state index is 5.36. The van der Waals surface area contributed by atoms with E-state index in [1.165, 1.54) is 12.8 Å². The van der Waals surface area contributed by atoms with Gasteiger partial charge < -0.3 is 9.84 Å². The lowest BCUT2D eigenvalue weighted by Gasteiger charge is -2.27. The summed E-state index contributed by atoms with van der Waals surface area (Å²) in [5.74, 6) is 1.39. The van der Waals surface area contributed by atoms with Crippen molar-refractivity contribution in [1.82, 2.24) is 20.4 Å². The number of aromatic nitrogens is 2. The van der Waals surface area contributed by atoms with Gasteiger partial charge in [-0.1, -0.05) is 5.16 Å². The molecule has 0 bridgehead atoms. The zero-order valence-corrected chi connectivity index (χ0v) is 13.4. The fourth-order valence-electron chi connectivity index (χ4n) is 2.66. The van der Waals surface area contributed by atoms with Crippen molar-refractivity contribution in [3.05, 3.63) is 22.7 Å². The summed E-state index contributed by atoms with van der Waals surface area (Å²) in [6.45, 7) is 7.36. The number of nitrogens with zero attached hydrogens (tertiary/aromatic N) is 3. The molecule has 3 heterocycles.